The first-order valence-corrected chi connectivity index (χ1v) is 10.4. The van der Waals surface area contributed by atoms with Crippen LogP contribution in [-0.4, -0.2) is 4.98 Å². The molecule has 0 fully saturated rings. The van der Waals surface area contributed by atoms with Crippen molar-refractivity contribution in [1.29, 1.82) is 0 Å². The molecule has 35 heavy (non-hydrogen) atoms. The van der Waals surface area contributed by atoms with Gasteiger partial charge in [-0.05, 0) is 64.7 Å². The predicted octanol–water partition coefficient (Wildman–Crippen LogP) is 8.87. The Balaban J connectivity index is 1.49. The number of hydrogen-bond acceptors (Lipinski definition) is 2. The molecule has 4 aromatic carbocycles. The second-order valence-corrected chi connectivity index (χ2v) is 7.94. The van der Waals surface area contributed by atoms with Crippen molar-refractivity contribution in [3.05, 3.63) is 102 Å². The zero-order chi connectivity index (χ0) is 24.8. The molecule has 0 bridgehead atoms. The van der Waals surface area contributed by atoms with Crippen molar-refractivity contribution < 1.29 is 30.8 Å². The number of rotatable bonds is 3. The van der Waals surface area contributed by atoms with E-state index in [1.807, 2.05) is 48.5 Å². The first-order valence-electron chi connectivity index (χ1n) is 10.4. The molecule has 0 spiro atoms. The maximum absolute atomic E-state index is 13.2. The van der Waals surface area contributed by atoms with E-state index in [-0.39, 0.29) is 17.2 Å². The van der Waals surface area contributed by atoms with Gasteiger partial charge in [0, 0.05) is 5.56 Å². The summed E-state index contributed by atoms with van der Waals surface area (Å²) in [4.78, 5) is 4.48. The van der Waals surface area contributed by atoms with E-state index in [9.17, 15) is 26.3 Å². The van der Waals surface area contributed by atoms with Gasteiger partial charge in [-0.25, -0.2) is 4.98 Å². The van der Waals surface area contributed by atoms with Crippen molar-refractivity contribution in [2.75, 3.05) is 0 Å². The van der Waals surface area contributed by atoms with Gasteiger partial charge in [-0.2, -0.15) is 26.3 Å². The maximum atomic E-state index is 13.2. The van der Waals surface area contributed by atoms with Crippen molar-refractivity contribution in [1.82, 2.24) is 4.98 Å². The summed E-state index contributed by atoms with van der Waals surface area (Å²) in [5.41, 5.74) is 0.990. The molecule has 5 aromatic rings. The quantitative estimate of drug-likeness (QED) is 0.240. The Labute approximate surface area is 195 Å². The maximum Gasteiger partial charge on any atom is 0.416 e. The Morgan fingerprint density at radius 2 is 1.09 bits per heavy atom. The number of oxazole rings is 1. The molecule has 1 heterocycles. The lowest BCUT2D eigenvalue weighted by molar-refractivity contribution is -0.143. The number of aromatic nitrogens is 1. The third kappa shape index (κ3) is 4.64. The summed E-state index contributed by atoms with van der Waals surface area (Å²) in [5, 5.41) is 0. The summed E-state index contributed by atoms with van der Waals surface area (Å²) < 4.78 is 85.0. The summed E-state index contributed by atoms with van der Waals surface area (Å²) in [7, 11) is 0. The molecule has 1 aromatic heterocycles. The molecule has 0 atom stereocenters. The first-order chi connectivity index (χ1) is 16.6. The smallest absolute Gasteiger partial charge is 0.416 e. The lowest BCUT2D eigenvalue weighted by Gasteiger charge is -2.14. The van der Waals surface area contributed by atoms with Gasteiger partial charge in [0.2, 0.25) is 5.89 Å². The molecule has 2 nitrogen and oxygen atoms in total. The zero-order valence-electron chi connectivity index (χ0n) is 17.8. The fourth-order valence-electron chi connectivity index (χ4n) is 3.80. The first kappa shape index (κ1) is 22.7. The van der Waals surface area contributed by atoms with E-state index in [0.29, 0.717) is 11.5 Å². The Hall–Kier alpha value is -4.07. The molecule has 0 amide bonds. The van der Waals surface area contributed by atoms with Crippen LogP contribution >= 0.6 is 0 Å². The molecular weight excluding hydrogens is 468 g/mol. The molecule has 0 radical (unpaired) electrons. The molecule has 0 aliphatic heterocycles. The number of para-hydroxylation sites is 2. The van der Waals surface area contributed by atoms with Crippen LogP contribution in [0.25, 0.3) is 44.8 Å². The number of benzene rings is 4. The number of fused-ring (bicyclic) bond motifs is 1. The summed E-state index contributed by atoms with van der Waals surface area (Å²) in [6.07, 6.45) is -9.80. The molecule has 0 aliphatic rings. The fraction of sp³-hybridized carbons (Fsp3) is 0.0741. The molecule has 5 rings (SSSR count). The number of halogens is 6. The van der Waals surface area contributed by atoms with Crippen molar-refractivity contribution in [2.24, 2.45) is 0 Å². The van der Waals surface area contributed by atoms with Crippen molar-refractivity contribution in [2.45, 2.75) is 12.4 Å². The predicted molar refractivity (Wildman–Crippen MR) is 120 cm³/mol. The van der Waals surface area contributed by atoms with Crippen LogP contribution in [-0.2, 0) is 12.4 Å². The van der Waals surface area contributed by atoms with Crippen molar-refractivity contribution in [3.63, 3.8) is 0 Å². The van der Waals surface area contributed by atoms with Crippen LogP contribution in [0.1, 0.15) is 11.1 Å². The standard InChI is InChI=1S/C27H15F6NO/c28-26(29,30)21-13-20(14-22(15-21)27(31,32)33)17-10-8-16(9-11-17)18-4-3-5-19(12-18)25-34-23-6-1-2-7-24(23)35-25/h1-15H. The molecule has 0 N–H and O–H groups in total. The highest BCUT2D eigenvalue weighted by atomic mass is 19.4. The van der Waals surface area contributed by atoms with Gasteiger partial charge < -0.3 is 4.42 Å². The molecule has 0 saturated heterocycles. The van der Waals surface area contributed by atoms with Crippen LogP contribution in [0.5, 0.6) is 0 Å². The Morgan fingerprint density at radius 3 is 1.69 bits per heavy atom. The van der Waals surface area contributed by atoms with Gasteiger partial charge in [-0.3, -0.25) is 0 Å². The van der Waals surface area contributed by atoms with E-state index in [1.54, 1.807) is 12.1 Å². The van der Waals surface area contributed by atoms with E-state index in [1.165, 1.54) is 12.1 Å². The fourth-order valence-corrected chi connectivity index (χ4v) is 3.80. The normalized spacial score (nSPS) is 12.3. The van der Waals surface area contributed by atoms with Gasteiger partial charge in [-0.1, -0.05) is 48.5 Å². The topological polar surface area (TPSA) is 26.0 Å². The van der Waals surface area contributed by atoms with E-state index >= 15 is 0 Å². The Kier molecular flexibility index (Phi) is 5.39. The molecule has 0 unspecified atom stereocenters. The van der Waals surface area contributed by atoms with Crippen LogP contribution in [0.15, 0.2) is 95.4 Å². The minimum absolute atomic E-state index is 0.121. The van der Waals surface area contributed by atoms with Gasteiger partial charge >= 0.3 is 12.4 Å². The molecule has 176 valence electrons. The molecule has 0 aliphatic carbocycles. The number of nitrogens with zero attached hydrogens (tertiary/aromatic N) is 1. The Bertz CT molecular complexity index is 1450. The minimum Gasteiger partial charge on any atom is -0.436 e. The highest BCUT2D eigenvalue weighted by Gasteiger charge is 2.37. The minimum atomic E-state index is -4.90. The van der Waals surface area contributed by atoms with Crippen LogP contribution < -0.4 is 0 Å². The average molecular weight is 483 g/mol. The van der Waals surface area contributed by atoms with E-state index in [2.05, 4.69) is 4.98 Å². The third-order valence-corrected chi connectivity index (χ3v) is 5.54. The highest BCUT2D eigenvalue weighted by molar-refractivity contribution is 5.78. The van der Waals surface area contributed by atoms with Gasteiger partial charge in [0.1, 0.15) is 5.52 Å². The third-order valence-electron chi connectivity index (χ3n) is 5.54. The summed E-state index contributed by atoms with van der Waals surface area (Å²) in [6, 6.07) is 22.5. The lowest BCUT2D eigenvalue weighted by Crippen LogP contribution is -2.11. The second-order valence-electron chi connectivity index (χ2n) is 7.94. The van der Waals surface area contributed by atoms with Gasteiger partial charge in [0.25, 0.3) is 0 Å². The highest BCUT2D eigenvalue weighted by Crippen LogP contribution is 2.39. The summed E-state index contributed by atoms with van der Waals surface area (Å²) in [6.45, 7) is 0. The largest absolute Gasteiger partial charge is 0.436 e. The van der Waals surface area contributed by atoms with Crippen LogP contribution in [0.3, 0.4) is 0 Å². The SMILES string of the molecule is FC(F)(F)c1cc(-c2ccc(-c3cccc(-c4nc5ccccc5o4)c3)cc2)cc(C(F)(F)F)c1. The Morgan fingerprint density at radius 1 is 0.514 bits per heavy atom. The van der Waals surface area contributed by atoms with Crippen LogP contribution in [0, 0.1) is 0 Å². The van der Waals surface area contributed by atoms with Crippen LogP contribution in [0.4, 0.5) is 26.3 Å². The molecule has 0 saturated carbocycles. The van der Waals surface area contributed by atoms with E-state index in [0.717, 1.165) is 34.3 Å². The summed E-state index contributed by atoms with van der Waals surface area (Å²) >= 11 is 0. The average Bonchev–Trinajstić information content (AvgIpc) is 3.27. The van der Waals surface area contributed by atoms with Gasteiger partial charge in [0.15, 0.2) is 5.58 Å². The van der Waals surface area contributed by atoms with Crippen LogP contribution in [0.2, 0.25) is 0 Å². The van der Waals surface area contributed by atoms with Gasteiger partial charge in [0.05, 0.1) is 11.1 Å². The lowest BCUT2D eigenvalue weighted by atomic mass is 9.96. The number of alkyl halides is 6. The zero-order valence-corrected chi connectivity index (χ0v) is 17.8. The van der Waals surface area contributed by atoms with Gasteiger partial charge in [-0.15, -0.1) is 0 Å². The monoisotopic (exact) mass is 483 g/mol. The van der Waals surface area contributed by atoms with Crippen molar-refractivity contribution >= 4 is 11.1 Å². The van der Waals surface area contributed by atoms with E-state index in [4.69, 9.17) is 4.42 Å². The number of hydrogen-bond donors (Lipinski definition) is 0. The molecular formula is C27H15F6NO. The van der Waals surface area contributed by atoms with Crippen molar-refractivity contribution in [3.8, 4) is 33.7 Å². The van der Waals surface area contributed by atoms with E-state index < -0.39 is 23.5 Å². The summed E-state index contributed by atoms with van der Waals surface area (Å²) in [5.74, 6) is 0.438. The molecule has 8 heteroatoms. The second kappa shape index (κ2) is 8.30.